The maximum atomic E-state index is 13.0. The lowest BCUT2D eigenvalue weighted by Gasteiger charge is -2.16. The van der Waals surface area contributed by atoms with Gasteiger partial charge in [0.1, 0.15) is 11.5 Å². The zero-order valence-corrected chi connectivity index (χ0v) is 24.5. The molecule has 2 aliphatic rings. The number of rotatable bonds is 16. The van der Waals surface area contributed by atoms with Gasteiger partial charge in [-0.2, -0.15) is 0 Å². The SMILES string of the molecule is CCCCC(CC)COc1ccc(C2=C3C(=O)NC(c4ccc(OCC(CC)CCCC)cc4)=C3C(=O)N2)cc1. The molecule has 2 heterocycles. The van der Waals surface area contributed by atoms with Gasteiger partial charge < -0.3 is 20.1 Å². The summed E-state index contributed by atoms with van der Waals surface area (Å²) in [5.41, 5.74) is 3.40. The van der Waals surface area contributed by atoms with Crippen molar-refractivity contribution < 1.29 is 19.1 Å². The van der Waals surface area contributed by atoms with Gasteiger partial charge in [-0.05, 0) is 84.3 Å². The first-order valence-electron chi connectivity index (χ1n) is 15.1. The van der Waals surface area contributed by atoms with Crippen molar-refractivity contribution in [2.24, 2.45) is 11.8 Å². The second-order valence-corrected chi connectivity index (χ2v) is 10.9. The molecule has 0 spiro atoms. The highest BCUT2D eigenvalue weighted by Gasteiger charge is 2.40. The van der Waals surface area contributed by atoms with Crippen molar-refractivity contribution in [3.8, 4) is 11.5 Å². The lowest BCUT2D eigenvalue weighted by Crippen LogP contribution is -2.21. The average molecular weight is 545 g/mol. The van der Waals surface area contributed by atoms with Crippen LogP contribution in [0.4, 0.5) is 0 Å². The van der Waals surface area contributed by atoms with Crippen LogP contribution in [0, 0.1) is 11.8 Å². The molecule has 2 aromatic rings. The number of carbonyl (C=O) groups is 2. The van der Waals surface area contributed by atoms with E-state index < -0.39 is 0 Å². The maximum absolute atomic E-state index is 13.0. The van der Waals surface area contributed by atoms with Crippen LogP contribution in [0.5, 0.6) is 11.5 Å². The Kier molecular flexibility index (Phi) is 10.5. The van der Waals surface area contributed by atoms with E-state index in [1.807, 2.05) is 48.5 Å². The first-order valence-corrected chi connectivity index (χ1v) is 15.1. The topological polar surface area (TPSA) is 76.7 Å². The molecular formula is C34H44N2O4. The summed E-state index contributed by atoms with van der Waals surface area (Å²) in [6.07, 6.45) is 9.36. The number of carbonyl (C=O) groups excluding carboxylic acids is 2. The summed E-state index contributed by atoms with van der Waals surface area (Å²) in [4.78, 5) is 26.1. The number of nitrogens with one attached hydrogen (secondary N) is 2. The van der Waals surface area contributed by atoms with Gasteiger partial charge in [-0.25, -0.2) is 0 Å². The molecule has 2 atom stereocenters. The molecule has 2 unspecified atom stereocenters. The van der Waals surface area contributed by atoms with E-state index in [1.54, 1.807) is 0 Å². The number of fused-ring (bicyclic) bond motifs is 1. The van der Waals surface area contributed by atoms with Crippen molar-refractivity contribution in [1.82, 2.24) is 10.6 Å². The van der Waals surface area contributed by atoms with E-state index in [4.69, 9.17) is 9.47 Å². The van der Waals surface area contributed by atoms with Gasteiger partial charge in [0.2, 0.25) is 0 Å². The molecule has 2 aromatic carbocycles. The molecule has 2 N–H and O–H groups in total. The second kappa shape index (κ2) is 14.2. The number of unbranched alkanes of at least 4 members (excludes halogenated alkanes) is 2. The highest BCUT2D eigenvalue weighted by Crippen LogP contribution is 2.38. The van der Waals surface area contributed by atoms with Crippen LogP contribution in [0.3, 0.4) is 0 Å². The molecule has 0 radical (unpaired) electrons. The Labute approximate surface area is 239 Å². The van der Waals surface area contributed by atoms with Crippen molar-refractivity contribution in [2.75, 3.05) is 13.2 Å². The predicted octanol–water partition coefficient (Wildman–Crippen LogP) is 7.26. The monoisotopic (exact) mass is 544 g/mol. The zero-order valence-electron chi connectivity index (χ0n) is 24.5. The summed E-state index contributed by atoms with van der Waals surface area (Å²) >= 11 is 0. The first kappa shape index (κ1) is 29.4. The Bertz CT molecular complexity index is 1130. The standard InChI is InChI=1S/C34H44N2O4/c1-5-9-11-23(7-3)21-39-27-17-13-25(14-18-27)31-29-30(34(38)35-31)32(36-33(29)37)26-15-19-28(20-16-26)40-22-24(8-4)12-10-6-2/h13-20,23-24H,5-12,21-22H2,1-4H3,(H,35,38)(H,36,37). The van der Waals surface area contributed by atoms with E-state index in [-0.39, 0.29) is 11.8 Å². The third kappa shape index (κ3) is 6.96. The number of benzene rings is 2. The molecule has 2 amide bonds. The molecule has 0 fully saturated rings. The molecule has 0 aliphatic carbocycles. The Morgan fingerprint density at radius 1 is 0.600 bits per heavy atom. The minimum absolute atomic E-state index is 0.276. The first-order chi connectivity index (χ1) is 19.5. The number of hydrogen-bond donors (Lipinski definition) is 2. The lowest BCUT2D eigenvalue weighted by atomic mass is 10.0. The van der Waals surface area contributed by atoms with E-state index in [9.17, 15) is 9.59 Å². The molecule has 6 heteroatoms. The quantitative estimate of drug-likeness (QED) is 0.233. The molecule has 6 nitrogen and oxygen atoms in total. The number of amides is 2. The Balaban J connectivity index is 1.47. The van der Waals surface area contributed by atoms with Gasteiger partial charge in [0.15, 0.2) is 0 Å². The number of hydrogen-bond acceptors (Lipinski definition) is 4. The Morgan fingerprint density at radius 3 is 1.30 bits per heavy atom. The van der Waals surface area contributed by atoms with E-state index >= 15 is 0 Å². The van der Waals surface area contributed by atoms with Crippen LogP contribution in [-0.4, -0.2) is 25.0 Å². The second-order valence-electron chi connectivity index (χ2n) is 10.9. The van der Waals surface area contributed by atoms with Crippen LogP contribution in [0.15, 0.2) is 59.7 Å². The highest BCUT2D eigenvalue weighted by atomic mass is 16.5. The summed E-state index contributed by atoms with van der Waals surface area (Å²) in [6, 6.07) is 15.2. The smallest absolute Gasteiger partial charge is 0.258 e. The van der Waals surface area contributed by atoms with Crippen molar-refractivity contribution in [2.45, 2.75) is 79.1 Å². The fourth-order valence-electron chi connectivity index (χ4n) is 5.27. The van der Waals surface area contributed by atoms with E-state index in [2.05, 4.69) is 38.3 Å². The summed E-state index contributed by atoms with van der Waals surface area (Å²) in [7, 11) is 0. The summed E-state index contributed by atoms with van der Waals surface area (Å²) < 4.78 is 12.1. The molecule has 0 bridgehead atoms. The largest absolute Gasteiger partial charge is 0.493 e. The summed E-state index contributed by atoms with van der Waals surface area (Å²) in [6.45, 7) is 10.2. The molecular weight excluding hydrogens is 500 g/mol. The minimum Gasteiger partial charge on any atom is -0.493 e. The third-order valence-corrected chi connectivity index (χ3v) is 8.03. The van der Waals surface area contributed by atoms with Crippen LogP contribution in [0.2, 0.25) is 0 Å². The van der Waals surface area contributed by atoms with E-state index in [0.717, 1.165) is 35.5 Å². The zero-order chi connectivity index (χ0) is 28.5. The number of ether oxygens (including phenoxy) is 2. The molecule has 0 aromatic heterocycles. The molecule has 0 saturated heterocycles. The van der Waals surface area contributed by atoms with Crippen molar-refractivity contribution in [3.63, 3.8) is 0 Å². The van der Waals surface area contributed by atoms with Crippen LogP contribution < -0.4 is 20.1 Å². The normalized spacial score (nSPS) is 16.1. The van der Waals surface area contributed by atoms with Gasteiger partial charge in [-0.3, -0.25) is 9.59 Å². The fraction of sp³-hybridized carbons (Fsp3) is 0.471. The van der Waals surface area contributed by atoms with Gasteiger partial charge in [-0.1, -0.05) is 66.2 Å². The van der Waals surface area contributed by atoms with Crippen molar-refractivity contribution >= 4 is 23.2 Å². The van der Waals surface area contributed by atoms with E-state index in [1.165, 1.54) is 38.5 Å². The molecule has 40 heavy (non-hydrogen) atoms. The maximum Gasteiger partial charge on any atom is 0.258 e. The average Bonchev–Trinajstić information content (AvgIpc) is 3.51. The predicted molar refractivity (Wildman–Crippen MR) is 161 cm³/mol. The molecule has 214 valence electrons. The van der Waals surface area contributed by atoms with Crippen molar-refractivity contribution in [3.05, 3.63) is 70.8 Å². The summed E-state index contributed by atoms with van der Waals surface area (Å²) in [5, 5.41) is 5.86. The van der Waals surface area contributed by atoms with Crippen LogP contribution in [-0.2, 0) is 9.59 Å². The molecule has 2 aliphatic heterocycles. The van der Waals surface area contributed by atoms with Gasteiger partial charge >= 0.3 is 0 Å². The van der Waals surface area contributed by atoms with Gasteiger partial charge in [0.25, 0.3) is 11.8 Å². The Hall–Kier alpha value is -3.54. The van der Waals surface area contributed by atoms with Gasteiger partial charge in [0, 0.05) is 0 Å². The van der Waals surface area contributed by atoms with Crippen LogP contribution in [0.1, 0.15) is 90.2 Å². The molecule has 0 saturated carbocycles. The molecule has 4 rings (SSSR count). The fourth-order valence-corrected chi connectivity index (χ4v) is 5.27. The summed E-state index contributed by atoms with van der Waals surface area (Å²) in [5.74, 6) is 2.13. The van der Waals surface area contributed by atoms with Gasteiger partial charge in [-0.15, -0.1) is 0 Å². The highest BCUT2D eigenvalue weighted by molar-refractivity contribution is 6.30. The lowest BCUT2D eigenvalue weighted by molar-refractivity contribution is -0.117. The van der Waals surface area contributed by atoms with Crippen LogP contribution >= 0.6 is 0 Å². The van der Waals surface area contributed by atoms with E-state index in [0.29, 0.717) is 47.6 Å². The minimum atomic E-state index is -0.276. The third-order valence-electron chi connectivity index (χ3n) is 8.03. The Morgan fingerprint density at radius 2 is 0.975 bits per heavy atom. The van der Waals surface area contributed by atoms with Gasteiger partial charge in [0.05, 0.1) is 35.8 Å². The van der Waals surface area contributed by atoms with Crippen molar-refractivity contribution in [1.29, 1.82) is 0 Å². The van der Waals surface area contributed by atoms with Crippen LogP contribution in [0.25, 0.3) is 11.4 Å².